The van der Waals surface area contributed by atoms with Crippen molar-refractivity contribution < 1.29 is 19.1 Å². The van der Waals surface area contributed by atoms with Gasteiger partial charge in [0.05, 0.1) is 26.2 Å². The van der Waals surface area contributed by atoms with Crippen molar-refractivity contribution in [1.82, 2.24) is 4.90 Å². The molecule has 1 amide bonds. The number of carbonyl (C=O) groups is 3. The summed E-state index contributed by atoms with van der Waals surface area (Å²) in [4.78, 5) is 35.1. The third-order valence-electron chi connectivity index (χ3n) is 2.52. The smallest absolute Gasteiger partial charge is 0.225 e. The highest BCUT2D eigenvalue weighted by atomic mass is 16.5. The van der Waals surface area contributed by atoms with Crippen LogP contribution in [0.3, 0.4) is 0 Å². The molecule has 0 atom stereocenters. The number of Topliss-reactive ketones (excluding diaryl/α,β-unsaturated/α-hetero) is 2. The largest absolute Gasteiger partial charge is 0.380 e. The zero-order valence-corrected chi connectivity index (χ0v) is 13.7. The Morgan fingerprint density at radius 3 is 2.00 bits per heavy atom. The summed E-state index contributed by atoms with van der Waals surface area (Å²) in [7, 11) is 1.61. The molecule has 0 aromatic rings. The molecule has 0 bridgehead atoms. The molecule has 0 saturated heterocycles. The third kappa shape index (κ3) is 11.8. The second-order valence-corrected chi connectivity index (χ2v) is 4.69. The van der Waals surface area contributed by atoms with Gasteiger partial charge in [-0.1, -0.05) is 27.7 Å². The van der Waals surface area contributed by atoms with Crippen molar-refractivity contribution in [2.75, 3.05) is 26.8 Å². The number of rotatable bonds is 9. The zero-order chi connectivity index (χ0) is 16.1. The molecule has 20 heavy (non-hydrogen) atoms. The molecule has 0 fully saturated rings. The molecule has 0 aliphatic rings. The van der Waals surface area contributed by atoms with Gasteiger partial charge < -0.3 is 9.64 Å². The van der Waals surface area contributed by atoms with Crippen LogP contribution in [-0.4, -0.2) is 49.2 Å². The van der Waals surface area contributed by atoms with Crippen LogP contribution in [0.2, 0.25) is 0 Å². The molecule has 0 aliphatic carbocycles. The van der Waals surface area contributed by atoms with E-state index < -0.39 is 0 Å². The molecule has 0 spiro atoms. The molecule has 0 radical (unpaired) electrons. The Labute approximate surface area is 122 Å². The third-order valence-corrected chi connectivity index (χ3v) is 2.52. The highest BCUT2D eigenvalue weighted by molar-refractivity contribution is 5.87. The molecule has 0 aliphatic heterocycles. The minimum atomic E-state index is -0.119. The monoisotopic (exact) mass is 287 g/mol. The number of hydrogen-bond donors (Lipinski definition) is 0. The lowest BCUT2D eigenvalue weighted by Gasteiger charge is -2.17. The Morgan fingerprint density at radius 2 is 1.55 bits per heavy atom. The topological polar surface area (TPSA) is 63.7 Å². The first-order chi connectivity index (χ1) is 9.34. The quantitative estimate of drug-likeness (QED) is 0.609. The molecule has 0 aromatic carbocycles. The van der Waals surface area contributed by atoms with Crippen LogP contribution in [0.1, 0.15) is 47.5 Å². The van der Waals surface area contributed by atoms with Crippen molar-refractivity contribution in [3.63, 3.8) is 0 Å². The Balaban J connectivity index is 0. The Hall–Kier alpha value is -1.23. The maximum absolute atomic E-state index is 11.6. The molecular weight excluding hydrogens is 258 g/mol. The van der Waals surface area contributed by atoms with Crippen LogP contribution < -0.4 is 0 Å². The van der Waals surface area contributed by atoms with Crippen molar-refractivity contribution in [3.8, 4) is 0 Å². The van der Waals surface area contributed by atoms with Crippen LogP contribution in [0.5, 0.6) is 0 Å². The van der Waals surface area contributed by atoms with Gasteiger partial charge in [0.2, 0.25) is 5.91 Å². The Morgan fingerprint density at radius 1 is 1.05 bits per heavy atom. The molecule has 5 heteroatoms. The fourth-order valence-electron chi connectivity index (χ4n) is 1.17. The zero-order valence-electron chi connectivity index (χ0n) is 13.7. The number of hydrogen-bond acceptors (Lipinski definition) is 4. The lowest BCUT2D eigenvalue weighted by atomic mass is 10.1. The van der Waals surface area contributed by atoms with E-state index in [1.165, 1.54) is 11.8 Å². The van der Waals surface area contributed by atoms with Gasteiger partial charge in [-0.05, 0) is 6.92 Å². The normalized spacial score (nSPS) is 9.75. The lowest BCUT2D eigenvalue weighted by Crippen LogP contribution is -2.34. The van der Waals surface area contributed by atoms with Gasteiger partial charge >= 0.3 is 0 Å². The standard InChI is InChI=1S/C13H23NO4.C2H6/c1-10(2)12(16)9-14(4)13(17)6-8-18-7-5-11(3)15;1-2/h10H,5-9H2,1-4H3;1-2H3. The minimum Gasteiger partial charge on any atom is -0.380 e. The fraction of sp³-hybridized carbons (Fsp3) is 0.800. The second kappa shape index (κ2) is 12.8. The summed E-state index contributed by atoms with van der Waals surface area (Å²) in [6.07, 6.45) is 0.607. The van der Waals surface area contributed by atoms with E-state index in [0.717, 1.165) is 0 Å². The van der Waals surface area contributed by atoms with Gasteiger partial charge in [0.1, 0.15) is 5.78 Å². The van der Waals surface area contributed by atoms with E-state index in [0.29, 0.717) is 13.0 Å². The van der Waals surface area contributed by atoms with Crippen molar-refractivity contribution >= 4 is 17.5 Å². The summed E-state index contributed by atoms with van der Waals surface area (Å²) in [5, 5.41) is 0. The van der Waals surface area contributed by atoms with E-state index in [2.05, 4.69) is 0 Å². The van der Waals surface area contributed by atoms with Crippen molar-refractivity contribution in [1.29, 1.82) is 0 Å². The van der Waals surface area contributed by atoms with Gasteiger partial charge in [-0.3, -0.25) is 14.4 Å². The number of amides is 1. The molecular formula is C15H29NO4. The van der Waals surface area contributed by atoms with Crippen molar-refractivity contribution in [3.05, 3.63) is 0 Å². The second-order valence-electron chi connectivity index (χ2n) is 4.69. The fourth-order valence-corrected chi connectivity index (χ4v) is 1.17. The van der Waals surface area contributed by atoms with Gasteiger partial charge in [-0.2, -0.15) is 0 Å². The molecule has 118 valence electrons. The average Bonchev–Trinajstić information content (AvgIpc) is 2.39. The minimum absolute atomic E-state index is 0.0448. The number of carbonyl (C=O) groups excluding carboxylic acids is 3. The number of ether oxygens (including phenoxy) is 1. The molecule has 5 nitrogen and oxygen atoms in total. The summed E-state index contributed by atoms with van der Waals surface area (Å²) < 4.78 is 5.16. The van der Waals surface area contributed by atoms with Crippen LogP contribution in [0.25, 0.3) is 0 Å². The molecule has 0 unspecified atom stereocenters. The highest BCUT2D eigenvalue weighted by Crippen LogP contribution is 1.99. The number of likely N-dealkylation sites (N-methyl/N-ethyl adjacent to an activating group) is 1. The van der Waals surface area contributed by atoms with E-state index in [1.54, 1.807) is 7.05 Å². The lowest BCUT2D eigenvalue weighted by molar-refractivity contribution is -0.135. The van der Waals surface area contributed by atoms with Crippen molar-refractivity contribution in [2.45, 2.75) is 47.5 Å². The highest BCUT2D eigenvalue weighted by Gasteiger charge is 2.14. The Bertz CT molecular complexity index is 300. The van der Waals surface area contributed by atoms with Crippen LogP contribution in [0, 0.1) is 5.92 Å². The predicted molar refractivity (Wildman–Crippen MR) is 79.6 cm³/mol. The van der Waals surface area contributed by atoms with E-state index in [9.17, 15) is 14.4 Å². The van der Waals surface area contributed by atoms with Crippen LogP contribution in [0.4, 0.5) is 0 Å². The molecule has 0 heterocycles. The summed E-state index contributed by atoms with van der Waals surface area (Å²) >= 11 is 0. The van der Waals surface area contributed by atoms with Gasteiger partial charge in [-0.15, -0.1) is 0 Å². The van der Waals surface area contributed by atoms with Crippen molar-refractivity contribution in [2.24, 2.45) is 5.92 Å². The SMILES string of the molecule is CC.CC(=O)CCOCCC(=O)N(C)CC(=O)C(C)C. The van der Waals surface area contributed by atoms with Crippen LogP contribution in [-0.2, 0) is 19.1 Å². The van der Waals surface area contributed by atoms with Crippen LogP contribution in [0.15, 0.2) is 0 Å². The first-order valence-electron chi connectivity index (χ1n) is 7.18. The first kappa shape index (κ1) is 21.1. The van der Waals surface area contributed by atoms with Gasteiger partial charge in [-0.25, -0.2) is 0 Å². The van der Waals surface area contributed by atoms with Crippen LogP contribution >= 0.6 is 0 Å². The maximum atomic E-state index is 11.6. The van der Waals surface area contributed by atoms with E-state index >= 15 is 0 Å². The van der Waals surface area contributed by atoms with E-state index in [1.807, 2.05) is 27.7 Å². The first-order valence-corrected chi connectivity index (χ1v) is 7.18. The van der Waals surface area contributed by atoms with Gasteiger partial charge in [0.25, 0.3) is 0 Å². The maximum Gasteiger partial charge on any atom is 0.225 e. The molecule has 0 rings (SSSR count). The summed E-state index contributed by atoms with van der Waals surface area (Å²) in [5.41, 5.74) is 0. The molecule has 0 aromatic heterocycles. The summed E-state index contributed by atoms with van der Waals surface area (Å²) in [6, 6.07) is 0. The number of ketones is 2. The average molecular weight is 287 g/mol. The molecule has 0 saturated carbocycles. The summed E-state index contributed by atoms with van der Waals surface area (Å²) in [5.74, 6) is -0.0665. The van der Waals surface area contributed by atoms with Gasteiger partial charge in [0.15, 0.2) is 5.78 Å². The predicted octanol–water partition coefficient (Wildman–Crippen LogP) is 2.08. The Kier molecular flexibility index (Phi) is 13.5. The van der Waals surface area contributed by atoms with E-state index in [-0.39, 0.29) is 43.0 Å². The molecule has 0 N–H and O–H groups in total. The van der Waals surface area contributed by atoms with Gasteiger partial charge in [0, 0.05) is 19.4 Å². The van der Waals surface area contributed by atoms with E-state index in [4.69, 9.17) is 4.74 Å². The summed E-state index contributed by atoms with van der Waals surface area (Å²) in [6.45, 7) is 9.89. The number of nitrogens with zero attached hydrogens (tertiary/aromatic N) is 1.